The van der Waals surface area contributed by atoms with Crippen LogP contribution in [-0.4, -0.2) is 46.0 Å². The topological polar surface area (TPSA) is 89.3 Å². The number of nitrogens with one attached hydrogen (secondary N) is 1. The summed E-state index contributed by atoms with van der Waals surface area (Å²) in [5.41, 5.74) is -1.03. The number of nitrogens with zero attached hydrogens (tertiary/aromatic N) is 4. The highest BCUT2D eigenvalue weighted by atomic mass is 19.3. The van der Waals surface area contributed by atoms with Gasteiger partial charge in [-0.2, -0.15) is 0 Å². The molecule has 0 spiro atoms. The summed E-state index contributed by atoms with van der Waals surface area (Å²) in [5.74, 6) is -0.846. The molecule has 3 aromatic rings. The maximum absolute atomic E-state index is 14.8. The molecule has 0 saturated heterocycles. The lowest BCUT2D eigenvalue weighted by Gasteiger charge is -2.36. The highest BCUT2D eigenvalue weighted by molar-refractivity contribution is 5.87. The summed E-state index contributed by atoms with van der Waals surface area (Å²) >= 11 is 0. The Kier molecular flexibility index (Phi) is 7.78. The van der Waals surface area contributed by atoms with Gasteiger partial charge in [0.05, 0.1) is 22.6 Å². The average Bonchev–Trinajstić information content (AvgIpc) is 3.29. The van der Waals surface area contributed by atoms with Gasteiger partial charge in [-0.05, 0) is 32.3 Å². The average molecular weight is 532 g/mol. The number of hydrogen-bond acceptors (Lipinski definition) is 6. The third-order valence-corrected chi connectivity index (χ3v) is 7.73. The lowest BCUT2D eigenvalue weighted by molar-refractivity contribution is -0.130. The standard InChI is InChI=1S/C27H32F3N5O3/c1-15(18-9-6-10-19(22(18)28)23(29)30)33-24-20-12-21(26(37)35(4)25(20)32-14-31-24)27(38-5)11-7-8-17(27)13-34(3)16(2)36/h6,9-10,12,14-15,17,23H,7-8,11,13H2,1-5H3,(H,31,32,33)/t15-,17+,27?/m1/s1. The van der Waals surface area contributed by atoms with Gasteiger partial charge in [0.1, 0.15) is 29.2 Å². The first-order valence-corrected chi connectivity index (χ1v) is 12.5. The molecule has 1 aliphatic rings. The number of halogens is 3. The minimum atomic E-state index is -2.94. The maximum Gasteiger partial charge on any atom is 0.266 e. The minimum Gasteiger partial charge on any atom is -0.373 e. The highest BCUT2D eigenvalue weighted by Crippen LogP contribution is 2.46. The number of amides is 1. The molecule has 0 radical (unpaired) electrons. The van der Waals surface area contributed by atoms with Crippen molar-refractivity contribution in [3.63, 3.8) is 0 Å². The van der Waals surface area contributed by atoms with Crippen LogP contribution in [0.15, 0.2) is 35.4 Å². The van der Waals surface area contributed by atoms with E-state index in [2.05, 4.69) is 15.3 Å². The summed E-state index contributed by atoms with van der Waals surface area (Å²) in [4.78, 5) is 35.8. The van der Waals surface area contributed by atoms with Crippen molar-refractivity contribution in [2.24, 2.45) is 13.0 Å². The van der Waals surface area contributed by atoms with E-state index >= 15 is 0 Å². The fourth-order valence-corrected chi connectivity index (χ4v) is 5.52. The van der Waals surface area contributed by atoms with Crippen molar-refractivity contribution in [3.05, 3.63) is 63.5 Å². The molecule has 38 heavy (non-hydrogen) atoms. The van der Waals surface area contributed by atoms with Crippen LogP contribution in [-0.2, 0) is 22.2 Å². The van der Waals surface area contributed by atoms with E-state index in [-0.39, 0.29) is 22.9 Å². The Morgan fingerprint density at radius 2 is 2.03 bits per heavy atom. The lowest BCUT2D eigenvalue weighted by atomic mass is 9.83. The van der Waals surface area contributed by atoms with Crippen molar-refractivity contribution in [3.8, 4) is 0 Å². The Balaban J connectivity index is 1.81. The Labute approximate surface area is 218 Å². The first-order chi connectivity index (χ1) is 18.0. The molecule has 1 aromatic carbocycles. The van der Waals surface area contributed by atoms with E-state index in [4.69, 9.17) is 4.74 Å². The number of fused-ring (bicyclic) bond motifs is 1. The predicted octanol–water partition coefficient (Wildman–Crippen LogP) is 4.70. The quantitative estimate of drug-likeness (QED) is 0.453. The number of anilines is 1. The fourth-order valence-electron chi connectivity index (χ4n) is 5.52. The molecule has 1 aliphatic carbocycles. The van der Waals surface area contributed by atoms with Gasteiger partial charge in [-0.15, -0.1) is 0 Å². The normalized spacial score (nSPS) is 20.2. The zero-order chi connectivity index (χ0) is 27.8. The highest BCUT2D eigenvalue weighted by Gasteiger charge is 2.47. The minimum absolute atomic E-state index is 0.0658. The number of ether oxygens (including phenoxy) is 1. The van der Waals surface area contributed by atoms with Gasteiger partial charge in [-0.3, -0.25) is 14.2 Å². The molecule has 204 valence electrons. The van der Waals surface area contributed by atoms with Crippen molar-refractivity contribution in [2.45, 2.75) is 51.2 Å². The Bertz CT molecular complexity index is 1410. The second-order valence-electron chi connectivity index (χ2n) is 9.88. The number of rotatable bonds is 8. The van der Waals surface area contributed by atoms with Crippen LogP contribution in [0.1, 0.15) is 62.3 Å². The maximum atomic E-state index is 14.8. The van der Waals surface area contributed by atoms with Crippen LogP contribution in [0.3, 0.4) is 0 Å². The van der Waals surface area contributed by atoms with Gasteiger partial charge in [0.25, 0.3) is 12.0 Å². The molecule has 1 unspecified atom stereocenters. The molecule has 8 nitrogen and oxygen atoms in total. The first kappa shape index (κ1) is 27.6. The number of methoxy groups -OCH3 is 1. The molecule has 1 saturated carbocycles. The SMILES string of the molecule is COC1(c2cc3c(N[C@H](C)c4cccc(C(F)F)c4F)ncnc3n(C)c2=O)CCC[C@H]1CN(C)C(C)=O. The number of aryl methyl sites for hydroxylation is 1. The zero-order valence-corrected chi connectivity index (χ0v) is 22.1. The third kappa shape index (κ3) is 4.75. The third-order valence-electron chi connectivity index (χ3n) is 7.73. The number of hydrogen-bond donors (Lipinski definition) is 1. The molecule has 4 rings (SSSR count). The number of carbonyl (C=O) groups excluding carboxylic acids is 1. The Morgan fingerprint density at radius 1 is 1.32 bits per heavy atom. The Morgan fingerprint density at radius 3 is 2.68 bits per heavy atom. The van der Waals surface area contributed by atoms with E-state index in [0.717, 1.165) is 18.9 Å². The smallest absolute Gasteiger partial charge is 0.266 e. The molecule has 0 aliphatic heterocycles. The van der Waals surface area contributed by atoms with Gasteiger partial charge in [-0.1, -0.05) is 18.2 Å². The molecule has 2 aromatic heterocycles. The molecule has 0 bridgehead atoms. The first-order valence-electron chi connectivity index (χ1n) is 12.5. The van der Waals surface area contributed by atoms with E-state index in [9.17, 15) is 22.8 Å². The summed E-state index contributed by atoms with van der Waals surface area (Å²) < 4.78 is 48.8. The Hall–Kier alpha value is -3.47. The van der Waals surface area contributed by atoms with Crippen molar-refractivity contribution in [1.29, 1.82) is 0 Å². The van der Waals surface area contributed by atoms with Crippen molar-refractivity contribution in [2.75, 3.05) is 26.0 Å². The van der Waals surface area contributed by atoms with Crippen LogP contribution < -0.4 is 10.9 Å². The summed E-state index contributed by atoms with van der Waals surface area (Å²) in [7, 11) is 4.89. The monoisotopic (exact) mass is 531 g/mol. The molecule has 1 N–H and O–H groups in total. The van der Waals surface area contributed by atoms with Crippen LogP contribution in [0.25, 0.3) is 11.0 Å². The van der Waals surface area contributed by atoms with Crippen LogP contribution >= 0.6 is 0 Å². The molecular weight excluding hydrogens is 499 g/mol. The second kappa shape index (κ2) is 10.7. The van der Waals surface area contributed by atoms with E-state index in [1.165, 1.54) is 30.0 Å². The van der Waals surface area contributed by atoms with Gasteiger partial charge in [0.2, 0.25) is 5.91 Å². The summed E-state index contributed by atoms with van der Waals surface area (Å²) in [6.07, 6.45) is 0.539. The molecule has 1 fully saturated rings. The summed E-state index contributed by atoms with van der Waals surface area (Å²) in [6, 6.07) is 4.88. The second-order valence-corrected chi connectivity index (χ2v) is 9.88. The van der Waals surface area contributed by atoms with Gasteiger partial charge in [0, 0.05) is 46.2 Å². The van der Waals surface area contributed by atoms with Crippen LogP contribution in [0.5, 0.6) is 0 Å². The van der Waals surface area contributed by atoms with Crippen LogP contribution in [0.2, 0.25) is 0 Å². The van der Waals surface area contributed by atoms with Crippen LogP contribution in [0, 0.1) is 11.7 Å². The fraction of sp³-hybridized carbons (Fsp3) is 0.481. The number of pyridine rings is 1. The molecule has 3 atom stereocenters. The van der Waals surface area contributed by atoms with Gasteiger partial charge < -0.3 is 15.0 Å². The molecule has 1 amide bonds. The van der Waals surface area contributed by atoms with Gasteiger partial charge in [0.15, 0.2) is 0 Å². The summed E-state index contributed by atoms with van der Waals surface area (Å²) in [6.45, 7) is 3.57. The lowest BCUT2D eigenvalue weighted by Crippen LogP contribution is -2.44. The van der Waals surface area contributed by atoms with Crippen molar-refractivity contribution in [1.82, 2.24) is 19.4 Å². The van der Waals surface area contributed by atoms with Gasteiger partial charge in [-0.25, -0.2) is 23.1 Å². The van der Waals surface area contributed by atoms with Crippen LogP contribution in [0.4, 0.5) is 19.0 Å². The van der Waals surface area contributed by atoms with E-state index in [1.807, 2.05) is 0 Å². The predicted molar refractivity (Wildman–Crippen MR) is 138 cm³/mol. The van der Waals surface area contributed by atoms with E-state index in [0.29, 0.717) is 35.4 Å². The summed E-state index contributed by atoms with van der Waals surface area (Å²) in [5, 5.41) is 3.62. The van der Waals surface area contributed by atoms with E-state index < -0.39 is 29.4 Å². The number of alkyl halides is 2. The molecule has 11 heteroatoms. The van der Waals surface area contributed by atoms with Crippen molar-refractivity contribution < 1.29 is 22.7 Å². The van der Waals surface area contributed by atoms with E-state index in [1.54, 1.807) is 39.1 Å². The van der Waals surface area contributed by atoms with Gasteiger partial charge >= 0.3 is 0 Å². The molecular formula is C27H32F3N5O3. The number of carbonyl (C=O) groups is 1. The van der Waals surface area contributed by atoms with Crippen molar-refractivity contribution >= 4 is 22.8 Å². The number of aromatic nitrogens is 3. The molecule has 2 heterocycles. The largest absolute Gasteiger partial charge is 0.373 e. The zero-order valence-electron chi connectivity index (χ0n) is 22.1. The number of benzene rings is 1.